The Balaban J connectivity index is 1.31. The molecule has 0 aliphatic carbocycles. The van der Waals surface area contributed by atoms with Crippen LogP contribution in [-0.2, 0) is 26.4 Å². The second kappa shape index (κ2) is 8.10. The number of aromatic amines is 1. The van der Waals surface area contributed by atoms with Gasteiger partial charge in [-0.1, -0.05) is 18.2 Å². The summed E-state index contributed by atoms with van der Waals surface area (Å²) in [5.74, 6) is 1.86. The third-order valence-corrected chi connectivity index (χ3v) is 5.47. The van der Waals surface area contributed by atoms with Gasteiger partial charge in [-0.25, -0.2) is 9.97 Å². The summed E-state index contributed by atoms with van der Waals surface area (Å²) in [7, 11) is 1.93. The van der Waals surface area contributed by atoms with Crippen molar-refractivity contribution in [2.45, 2.75) is 26.3 Å². The molecule has 5 rings (SSSR count). The lowest BCUT2D eigenvalue weighted by Crippen LogP contribution is -2.02. The van der Waals surface area contributed by atoms with Crippen LogP contribution in [0.5, 0.6) is 0 Å². The predicted octanol–water partition coefficient (Wildman–Crippen LogP) is 4.66. The molecule has 5 aromatic rings. The fraction of sp³-hybridized carbons (Fsp3) is 0.208. The summed E-state index contributed by atoms with van der Waals surface area (Å²) in [6.45, 7) is 2.85. The highest BCUT2D eigenvalue weighted by molar-refractivity contribution is 5.85. The van der Waals surface area contributed by atoms with E-state index in [1.54, 1.807) is 12.5 Å². The van der Waals surface area contributed by atoms with Gasteiger partial charge in [0.25, 0.3) is 0 Å². The first-order chi connectivity index (χ1) is 15.2. The first-order valence-electron chi connectivity index (χ1n) is 10.3. The van der Waals surface area contributed by atoms with Gasteiger partial charge in [-0.2, -0.15) is 5.10 Å². The molecule has 4 aromatic heterocycles. The maximum atomic E-state index is 5.42. The van der Waals surface area contributed by atoms with Gasteiger partial charge in [0.15, 0.2) is 5.65 Å². The third kappa shape index (κ3) is 4.07. The van der Waals surface area contributed by atoms with Gasteiger partial charge in [0.1, 0.15) is 17.1 Å². The molecule has 2 N–H and O–H groups in total. The summed E-state index contributed by atoms with van der Waals surface area (Å²) < 4.78 is 7.24. The van der Waals surface area contributed by atoms with Gasteiger partial charge in [0.05, 0.1) is 18.1 Å². The Morgan fingerprint density at radius 2 is 2.06 bits per heavy atom. The molecule has 0 bridgehead atoms. The number of aromatic nitrogens is 5. The van der Waals surface area contributed by atoms with Gasteiger partial charge >= 0.3 is 0 Å². The number of anilines is 1. The van der Waals surface area contributed by atoms with E-state index in [0.29, 0.717) is 6.54 Å². The number of furan rings is 1. The topological polar surface area (TPSA) is 84.6 Å². The number of pyridine rings is 1. The maximum Gasteiger partial charge on any atom is 0.159 e. The van der Waals surface area contributed by atoms with Crippen LogP contribution in [0.3, 0.4) is 0 Å². The number of hydrogen-bond acceptors (Lipinski definition) is 5. The lowest BCUT2D eigenvalue weighted by atomic mass is 10.0. The minimum absolute atomic E-state index is 0.715. The maximum absolute atomic E-state index is 5.42. The number of nitrogens with zero attached hydrogens (tertiary/aromatic N) is 4. The predicted molar refractivity (Wildman–Crippen MR) is 121 cm³/mol. The molecule has 4 heterocycles. The second-order valence-electron chi connectivity index (χ2n) is 7.72. The first kappa shape index (κ1) is 19.1. The van der Waals surface area contributed by atoms with E-state index < -0.39 is 0 Å². The highest BCUT2D eigenvalue weighted by Crippen LogP contribution is 2.24. The standard InChI is InChI=1S/C24H24N6O/c1-16-12-17(19-14-27-30(2)15-19)5-6-18(16)13-26-21-9-10-25-24-23(21)28-22(29-24)8-7-20-4-3-11-31-20/h3-6,9-12,14-15H,7-8,13H2,1-2H3,(H2,25,26,28,29). The highest BCUT2D eigenvalue weighted by atomic mass is 16.3. The van der Waals surface area contributed by atoms with Gasteiger partial charge in [0, 0.05) is 44.4 Å². The van der Waals surface area contributed by atoms with Crippen LogP contribution in [0.25, 0.3) is 22.3 Å². The molecule has 0 saturated heterocycles. The molecule has 0 saturated carbocycles. The SMILES string of the molecule is Cc1cc(-c2cnn(C)c2)ccc1CNc1ccnc2[nH]c(CCc3ccco3)nc12. The van der Waals surface area contributed by atoms with Crippen LogP contribution in [0.15, 0.2) is 65.7 Å². The zero-order valence-electron chi connectivity index (χ0n) is 17.6. The quantitative estimate of drug-likeness (QED) is 0.406. The lowest BCUT2D eigenvalue weighted by Gasteiger charge is -2.11. The molecule has 1 aromatic carbocycles. The minimum atomic E-state index is 0.715. The third-order valence-electron chi connectivity index (χ3n) is 5.47. The Labute approximate surface area is 180 Å². The molecular weight excluding hydrogens is 388 g/mol. The summed E-state index contributed by atoms with van der Waals surface area (Å²) in [4.78, 5) is 12.5. The molecule has 0 aliphatic rings. The fourth-order valence-electron chi connectivity index (χ4n) is 3.75. The van der Waals surface area contributed by atoms with Crippen molar-refractivity contribution in [1.29, 1.82) is 0 Å². The number of nitrogens with one attached hydrogen (secondary N) is 2. The lowest BCUT2D eigenvalue weighted by molar-refractivity contribution is 0.507. The van der Waals surface area contributed by atoms with E-state index in [1.807, 2.05) is 42.3 Å². The van der Waals surface area contributed by atoms with Gasteiger partial charge < -0.3 is 14.7 Å². The van der Waals surface area contributed by atoms with Crippen molar-refractivity contribution < 1.29 is 4.42 Å². The Kier molecular flexibility index (Phi) is 5.00. The van der Waals surface area contributed by atoms with E-state index in [4.69, 9.17) is 9.40 Å². The Bertz CT molecular complexity index is 1320. The molecule has 0 aliphatic heterocycles. The van der Waals surface area contributed by atoms with Crippen molar-refractivity contribution in [3.8, 4) is 11.1 Å². The van der Waals surface area contributed by atoms with E-state index in [0.717, 1.165) is 46.8 Å². The number of aryl methyl sites for hydroxylation is 4. The summed E-state index contributed by atoms with van der Waals surface area (Å²) in [6, 6.07) is 12.4. The van der Waals surface area contributed by atoms with Crippen molar-refractivity contribution in [2.24, 2.45) is 7.05 Å². The van der Waals surface area contributed by atoms with Gasteiger partial charge in [-0.15, -0.1) is 0 Å². The number of hydrogen-bond donors (Lipinski definition) is 2. The summed E-state index contributed by atoms with van der Waals surface area (Å²) in [5, 5.41) is 7.80. The van der Waals surface area contributed by atoms with E-state index in [2.05, 4.69) is 45.5 Å². The molecule has 0 spiro atoms. The normalized spacial score (nSPS) is 11.3. The Morgan fingerprint density at radius 1 is 1.13 bits per heavy atom. The molecule has 0 amide bonds. The molecule has 0 unspecified atom stereocenters. The number of imidazole rings is 1. The largest absolute Gasteiger partial charge is 0.469 e. The van der Waals surface area contributed by atoms with E-state index in [1.165, 1.54) is 16.7 Å². The van der Waals surface area contributed by atoms with Crippen LogP contribution in [0.1, 0.15) is 22.7 Å². The second-order valence-corrected chi connectivity index (χ2v) is 7.72. The van der Waals surface area contributed by atoms with Crippen molar-refractivity contribution in [1.82, 2.24) is 24.7 Å². The number of rotatable bonds is 7. The number of H-pyrrole nitrogens is 1. The van der Waals surface area contributed by atoms with Crippen LogP contribution in [0, 0.1) is 6.92 Å². The molecule has 31 heavy (non-hydrogen) atoms. The summed E-state index contributed by atoms with van der Waals surface area (Å²) in [5.41, 5.74) is 7.41. The molecule has 7 nitrogen and oxygen atoms in total. The van der Waals surface area contributed by atoms with Crippen LogP contribution in [0.2, 0.25) is 0 Å². The minimum Gasteiger partial charge on any atom is -0.469 e. The highest BCUT2D eigenvalue weighted by Gasteiger charge is 2.10. The smallest absolute Gasteiger partial charge is 0.159 e. The van der Waals surface area contributed by atoms with Crippen LogP contribution in [0.4, 0.5) is 5.69 Å². The van der Waals surface area contributed by atoms with E-state index in [-0.39, 0.29) is 0 Å². The first-order valence-corrected chi connectivity index (χ1v) is 10.3. The Morgan fingerprint density at radius 3 is 2.84 bits per heavy atom. The van der Waals surface area contributed by atoms with E-state index >= 15 is 0 Å². The molecule has 0 radical (unpaired) electrons. The Hall–Kier alpha value is -3.87. The molecular formula is C24H24N6O. The number of benzene rings is 1. The van der Waals surface area contributed by atoms with Crippen molar-refractivity contribution in [2.75, 3.05) is 5.32 Å². The monoisotopic (exact) mass is 412 g/mol. The van der Waals surface area contributed by atoms with Gasteiger partial charge in [0.2, 0.25) is 0 Å². The van der Waals surface area contributed by atoms with Gasteiger partial charge in [-0.05, 0) is 41.8 Å². The molecule has 7 heteroatoms. The zero-order chi connectivity index (χ0) is 21.2. The van der Waals surface area contributed by atoms with Crippen LogP contribution < -0.4 is 5.32 Å². The number of fused-ring (bicyclic) bond motifs is 1. The molecule has 0 fully saturated rings. The van der Waals surface area contributed by atoms with Crippen LogP contribution in [-0.4, -0.2) is 24.7 Å². The summed E-state index contributed by atoms with van der Waals surface area (Å²) in [6.07, 6.45) is 9.00. The summed E-state index contributed by atoms with van der Waals surface area (Å²) >= 11 is 0. The van der Waals surface area contributed by atoms with Gasteiger partial charge in [-0.3, -0.25) is 4.68 Å². The zero-order valence-corrected chi connectivity index (χ0v) is 17.6. The van der Waals surface area contributed by atoms with E-state index in [9.17, 15) is 0 Å². The van der Waals surface area contributed by atoms with Crippen LogP contribution >= 0.6 is 0 Å². The van der Waals surface area contributed by atoms with Crippen molar-refractivity contribution >= 4 is 16.9 Å². The average Bonchev–Trinajstić information content (AvgIpc) is 3.52. The fourth-order valence-corrected chi connectivity index (χ4v) is 3.75. The molecule has 156 valence electrons. The average molecular weight is 412 g/mol. The molecule has 0 atom stereocenters. The van der Waals surface area contributed by atoms with Crippen molar-refractivity contribution in [3.05, 3.63) is 84.0 Å². The van der Waals surface area contributed by atoms with Crippen molar-refractivity contribution in [3.63, 3.8) is 0 Å².